The number of hydrogen-bond donors (Lipinski definition) is 3. The average Bonchev–Trinajstić information content (AvgIpc) is 2.25. The first kappa shape index (κ1) is 12.4. The van der Waals surface area contributed by atoms with Gasteiger partial charge in [-0.05, 0) is 31.0 Å². The summed E-state index contributed by atoms with van der Waals surface area (Å²) in [5, 5.41) is 21.3. The van der Waals surface area contributed by atoms with Crippen LogP contribution in [0.25, 0.3) is 0 Å². The summed E-state index contributed by atoms with van der Waals surface area (Å²) < 4.78 is 0. The van der Waals surface area contributed by atoms with Gasteiger partial charge in [0.15, 0.2) is 11.5 Å². The first-order valence-corrected chi connectivity index (χ1v) is 5.39. The Balaban J connectivity index is 2.95. The molecule has 4 heteroatoms. The second kappa shape index (κ2) is 5.39. The van der Waals surface area contributed by atoms with Crippen LogP contribution in [0.2, 0.25) is 0 Å². The number of benzene rings is 1. The molecule has 0 radical (unpaired) electrons. The van der Waals surface area contributed by atoms with Crippen LogP contribution >= 0.6 is 0 Å². The third-order valence-electron chi connectivity index (χ3n) is 2.48. The van der Waals surface area contributed by atoms with Crippen molar-refractivity contribution in [1.82, 2.24) is 5.32 Å². The van der Waals surface area contributed by atoms with Crippen molar-refractivity contribution in [3.63, 3.8) is 0 Å². The molecular weight excluding hydrogens is 206 g/mol. The van der Waals surface area contributed by atoms with Crippen LogP contribution in [0.3, 0.4) is 0 Å². The largest absolute Gasteiger partial charge is 0.504 e. The van der Waals surface area contributed by atoms with E-state index >= 15 is 0 Å². The molecule has 4 nitrogen and oxygen atoms in total. The van der Waals surface area contributed by atoms with Gasteiger partial charge in [0.1, 0.15) is 0 Å². The van der Waals surface area contributed by atoms with Gasteiger partial charge >= 0.3 is 0 Å². The van der Waals surface area contributed by atoms with E-state index in [1.807, 2.05) is 13.8 Å². The van der Waals surface area contributed by atoms with Crippen molar-refractivity contribution in [2.24, 2.45) is 0 Å². The van der Waals surface area contributed by atoms with Crippen LogP contribution in [-0.4, -0.2) is 22.7 Å². The SMILES string of the molecule is CCNC(=O)C(CC)c1ccc(O)c(O)c1. The fourth-order valence-electron chi connectivity index (χ4n) is 1.63. The molecule has 0 spiro atoms. The maximum absolute atomic E-state index is 11.7. The summed E-state index contributed by atoms with van der Waals surface area (Å²) in [4.78, 5) is 11.7. The molecule has 0 saturated carbocycles. The van der Waals surface area contributed by atoms with Gasteiger partial charge in [0.05, 0.1) is 5.92 Å². The van der Waals surface area contributed by atoms with Crippen molar-refractivity contribution in [2.75, 3.05) is 6.54 Å². The maximum atomic E-state index is 11.7. The van der Waals surface area contributed by atoms with Gasteiger partial charge in [-0.2, -0.15) is 0 Å². The summed E-state index contributed by atoms with van der Waals surface area (Å²) in [6.07, 6.45) is 0.649. The molecule has 88 valence electrons. The number of aromatic hydroxyl groups is 2. The molecule has 1 aromatic carbocycles. The monoisotopic (exact) mass is 223 g/mol. The van der Waals surface area contributed by atoms with Crippen LogP contribution in [0.15, 0.2) is 18.2 Å². The Bertz CT molecular complexity index is 377. The Morgan fingerprint density at radius 2 is 2.00 bits per heavy atom. The molecule has 3 N–H and O–H groups in total. The molecule has 0 aliphatic rings. The third kappa shape index (κ3) is 2.66. The number of likely N-dealkylation sites (N-methyl/N-ethyl adjacent to an activating group) is 1. The summed E-state index contributed by atoms with van der Waals surface area (Å²) in [5.74, 6) is -0.712. The van der Waals surface area contributed by atoms with Crippen LogP contribution in [0.1, 0.15) is 31.7 Å². The summed E-state index contributed by atoms with van der Waals surface area (Å²) in [7, 11) is 0. The van der Waals surface area contributed by atoms with Crippen LogP contribution in [-0.2, 0) is 4.79 Å². The molecule has 0 saturated heterocycles. The van der Waals surface area contributed by atoms with Gasteiger partial charge in [-0.15, -0.1) is 0 Å². The van der Waals surface area contributed by atoms with Gasteiger partial charge in [-0.1, -0.05) is 13.0 Å². The van der Waals surface area contributed by atoms with Gasteiger partial charge < -0.3 is 15.5 Å². The maximum Gasteiger partial charge on any atom is 0.227 e. The number of carbonyl (C=O) groups is 1. The Hall–Kier alpha value is -1.71. The summed E-state index contributed by atoms with van der Waals surface area (Å²) in [6.45, 7) is 4.35. The zero-order valence-electron chi connectivity index (χ0n) is 9.53. The molecule has 1 amide bonds. The van der Waals surface area contributed by atoms with Gasteiger partial charge in [0.25, 0.3) is 0 Å². The molecule has 0 bridgehead atoms. The van der Waals surface area contributed by atoms with E-state index in [1.54, 1.807) is 6.07 Å². The van der Waals surface area contributed by atoms with Crippen LogP contribution in [0.5, 0.6) is 11.5 Å². The van der Waals surface area contributed by atoms with Crippen LogP contribution in [0.4, 0.5) is 0 Å². The number of nitrogens with one attached hydrogen (secondary N) is 1. The van der Waals surface area contributed by atoms with E-state index in [0.29, 0.717) is 18.5 Å². The van der Waals surface area contributed by atoms with Crippen LogP contribution < -0.4 is 5.32 Å². The minimum Gasteiger partial charge on any atom is -0.504 e. The number of phenolic OH excluding ortho intramolecular Hbond substituents is 2. The van der Waals surface area contributed by atoms with Gasteiger partial charge in [-0.3, -0.25) is 4.79 Å². The second-order valence-corrected chi connectivity index (χ2v) is 3.60. The molecule has 0 heterocycles. The van der Waals surface area contributed by atoms with Gasteiger partial charge in [-0.25, -0.2) is 0 Å². The molecular formula is C12H17NO3. The highest BCUT2D eigenvalue weighted by molar-refractivity contribution is 5.83. The van der Waals surface area contributed by atoms with Gasteiger partial charge in [0.2, 0.25) is 5.91 Å². The smallest absolute Gasteiger partial charge is 0.227 e. The highest BCUT2D eigenvalue weighted by Crippen LogP contribution is 2.29. The normalized spacial score (nSPS) is 12.1. The molecule has 0 fully saturated rings. The molecule has 1 unspecified atom stereocenters. The standard InChI is InChI=1S/C12H17NO3/c1-3-9(12(16)13-4-2)8-5-6-10(14)11(15)7-8/h5-7,9,14-15H,3-4H2,1-2H3,(H,13,16). The number of hydrogen-bond acceptors (Lipinski definition) is 3. The van der Waals surface area contributed by atoms with Crippen molar-refractivity contribution in [3.8, 4) is 11.5 Å². The zero-order valence-corrected chi connectivity index (χ0v) is 9.53. The van der Waals surface area contributed by atoms with Crippen LogP contribution in [0, 0.1) is 0 Å². The lowest BCUT2D eigenvalue weighted by Gasteiger charge is -2.15. The highest BCUT2D eigenvalue weighted by Gasteiger charge is 2.18. The van der Waals surface area contributed by atoms with Crippen molar-refractivity contribution in [3.05, 3.63) is 23.8 Å². The van der Waals surface area contributed by atoms with E-state index in [4.69, 9.17) is 0 Å². The Morgan fingerprint density at radius 1 is 1.31 bits per heavy atom. The number of rotatable bonds is 4. The number of phenols is 2. The topological polar surface area (TPSA) is 69.6 Å². The molecule has 1 atom stereocenters. The lowest BCUT2D eigenvalue weighted by atomic mass is 9.95. The first-order valence-electron chi connectivity index (χ1n) is 5.39. The predicted octanol–water partition coefficient (Wildman–Crippen LogP) is 1.73. The minimum absolute atomic E-state index is 0.0601. The lowest BCUT2D eigenvalue weighted by Crippen LogP contribution is -2.28. The second-order valence-electron chi connectivity index (χ2n) is 3.60. The number of carbonyl (C=O) groups excluding carboxylic acids is 1. The van der Waals surface area contributed by atoms with Crippen molar-refractivity contribution < 1.29 is 15.0 Å². The van der Waals surface area contributed by atoms with Crippen molar-refractivity contribution >= 4 is 5.91 Å². The molecule has 0 aromatic heterocycles. The lowest BCUT2D eigenvalue weighted by molar-refractivity contribution is -0.122. The third-order valence-corrected chi connectivity index (χ3v) is 2.48. The quantitative estimate of drug-likeness (QED) is 0.681. The van der Waals surface area contributed by atoms with Gasteiger partial charge in [0, 0.05) is 6.54 Å². The summed E-state index contributed by atoms with van der Waals surface area (Å²) in [6, 6.07) is 4.48. The van der Waals surface area contributed by atoms with E-state index < -0.39 is 0 Å². The Kier molecular flexibility index (Phi) is 4.17. The van der Waals surface area contributed by atoms with Crippen molar-refractivity contribution in [1.29, 1.82) is 0 Å². The molecule has 1 aromatic rings. The van der Waals surface area contributed by atoms with Crippen molar-refractivity contribution in [2.45, 2.75) is 26.2 Å². The van der Waals surface area contributed by atoms with E-state index in [-0.39, 0.29) is 23.3 Å². The fraction of sp³-hybridized carbons (Fsp3) is 0.417. The molecule has 0 aliphatic carbocycles. The molecule has 0 aliphatic heterocycles. The predicted molar refractivity (Wildman–Crippen MR) is 61.5 cm³/mol. The molecule has 1 rings (SSSR count). The number of amides is 1. The van der Waals surface area contributed by atoms with E-state index in [0.717, 1.165) is 0 Å². The molecule has 16 heavy (non-hydrogen) atoms. The summed E-state index contributed by atoms with van der Waals surface area (Å²) in [5.41, 5.74) is 0.712. The average molecular weight is 223 g/mol. The zero-order chi connectivity index (χ0) is 12.1. The van der Waals surface area contributed by atoms with E-state index in [1.165, 1.54) is 12.1 Å². The fourth-order valence-corrected chi connectivity index (χ4v) is 1.63. The first-order chi connectivity index (χ1) is 7.60. The Morgan fingerprint density at radius 3 is 2.50 bits per heavy atom. The van der Waals surface area contributed by atoms with E-state index in [9.17, 15) is 15.0 Å². The van der Waals surface area contributed by atoms with E-state index in [2.05, 4.69) is 5.32 Å². The Labute approximate surface area is 94.9 Å². The highest BCUT2D eigenvalue weighted by atomic mass is 16.3. The summed E-state index contributed by atoms with van der Waals surface area (Å²) >= 11 is 0. The minimum atomic E-state index is -0.286.